The highest BCUT2D eigenvalue weighted by molar-refractivity contribution is 6.00. The molecule has 1 saturated carbocycles. The number of aliphatic hydroxyl groups is 3. The Morgan fingerprint density at radius 1 is 1.14 bits per heavy atom. The third kappa shape index (κ3) is 6.95. The average molecular weight is 584 g/mol. The van der Waals surface area contributed by atoms with Crippen molar-refractivity contribution in [2.75, 3.05) is 43.9 Å². The summed E-state index contributed by atoms with van der Waals surface area (Å²) >= 11 is 0. The van der Waals surface area contributed by atoms with Gasteiger partial charge >= 0.3 is 6.10 Å². The van der Waals surface area contributed by atoms with E-state index >= 15 is 0 Å². The zero-order chi connectivity index (χ0) is 29.9. The summed E-state index contributed by atoms with van der Waals surface area (Å²) < 4.78 is 11.1. The van der Waals surface area contributed by atoms with Gasteiger partial charge in [-0.05, 0) is 25.0 Å². The predicted molar refractivity (Wildman–Crippen MR) is 143 cm³/mol. The van der Waals surface area contributed by atoms with Gasteiger partial charge in [0.15, 0.2) is 23.1 Å². The molecule has 3 heterocycles. The van der Waals surface area contributed by atoms with E-state index in [2.05, 4.69) is 35.9 Å². The number of hydrogen-bond donors (Lipinski definition) is 6. The first-order valence-electron chi connectivity index (χ1n) is 13.0. The number of piperazine rings is 1. The average Bonchev–Trinajstić information content (AvgIpc) is 3.71. The van der Waals surface area contributed by atoms with E-state index in [4.69, 9.17) is 9.26 Å². The maximum atomic E-state index is 12.7. The molecule has 3 amide bonds. The van der Waals surface area contributed by atoms with Crippen LogP contribution in [0.15, 0.2) is 28.8 Å². The lowest BCUT2D eigenvalue weighted by molar-refractivity contribution is -0.323. The van der Waals surface area contributed by atoms with Crippen LogP contribution in [0.2, 0.25) is 0 Å². The fraction of sp³-hybridized carbons (Fsp3) is 0.400. The predicted octanol–water partition coefficient (Wildman–Crippen LogP) is -0.781. The molecule has 0 unspecified atom stereocenters. The van der Waals surface area contributed by atoms with Crippen molar-refractivity contribution in [2.45, 2.75) is 25.5 Å². The van der Waals surface area contributed by atoms with Gasteiger partial charge in [0.25, 0.3) is 11.8 Å². The van der Waals surface area contributed by atoms with E-state index in [1.807, 2.05) is 0 Å². The van der Waals surface area contributed by atoms with Crippen molar-refractivity contribution < 1.29 is 39.0 Å². The lowest BCUT2D eigenvalue weighted by atomic mass is 10.1. The summed E-state index contributed by atoms with van der Waals surface area (Å²) in [7, 11) is 1.42. The quantitative estimate of drug-likeness (QED) is 0.120. The number of benzene rings is 1. The van der Waals surface area contributed by atoms with Crippen LogP contribution < -0.4 is 20.7 Å². The van der Waals surface area contributed by atoms with Gasteiger partial charge in [-0.15, -0.1) is 10.2 Å². The third-order valence-corrected chi connectivity index (χ3v) is 6.60. The second-order valence-corrected chi connectivity index (χ2v) is 9.79. The zero-order valence-electron chi connectivity index (χ0n) is 22.5. The van der Waals surface area contributed by atoms with Crippen molar-refractivity contribution in [1.29, 1.82) is 0 Å². The van der Waals surface area contributed by atoms with Crippen molar-refractivity contribution in [1.82, 2.24) is 35.5 Å². The first-order chi connectivity index (χ1) is 20.1. The zero-order valence-corrected chi connectivity index (χ0v) is 22.5. The Morgan fingerprint density at radius 3 is 2.57 bits per heavy atom. The molecule has 2 aromatic heterocycles. The number of nitrogens with one attached hydrogen (secondary N) is 3. The molecule has 2 fully saturated rings. The number of para-hydroxylation sites is 1. The highest BCUT2D eigenvalue weighted by atomic mass is 16.7. The molecular formula is C25H29N9O8. The van der Waals surface area contributed by atoms with Gasteiger partial charge in [0, 0.05) is 38.2 Å². The van der Waals surface area contributed by atoms with Crippen LogP contribution >= 0.6 is 0 Å². The molecular weight excluding hydrogens is 554 g/mol. The lowest BCUT2D eigenvalue weighted by Crippen LogP contribution is -2.48. The van der Waals surface area contributed by atoms with E-state index in [-0.39, 0.29) is 35.0 Å². The summed E-state index contributed by atoms with van der Waals surface area (Å²) in [6.07, 6.45) is -1.16. The molecule has 1 aliphatic carbocycles. The molecule has 0 bridgehead atoms. The van der Waals surface area contributed by atoms with Gasteiger partial charge < -0.3 is 40.1 Å². The van der Waals surface area contributed by atoms with Crippen LogP contribution in [0.1, 0.15) is 29.2 Å². The number of aromatic nitrogens is 4. The second kappa shape index (κ2) is 12.0. The molecule has 0 spiro atoms. The van der Waals surface area contributed by atoms with E-state index < -0.39 is 17.7 Å². The lowest BCUT2D eigenvalue weighted by Gasteiger charge is -2.31. The summed E-state index contributed by atoms with van der Waals surface area (Å²) in [5, 5.41) is 46.6. The van der Waals surface area contributed by atoms with Gasteiger partial charge in [0.05, 0.1) is 30.6 Å². The van der Waals surface area contributed by atoms with Gasteiger partial charge in [-0.3, -0.25) is 24.6 Å². The van der Waals surface area contributed by atoms with E-state index in [9.17, 15) is 29.7 Å². The van der Waals surface area contributed by atoms with Gasteiger partial charge in [-0.2, -0.15) is 4.98 Å². The Morgan fingerprint density at radius 2 is 1.90 bits per heavy atom. The SMILES string of the molecule is COc1c(Nc2cc(NC(=O)C3CC3)nnc2C(=O)NC(O)(O)O)cccc1-c1nc(CN2CCN(C=O)CC2)no1. The monoisotopic (exact) mass is 583 g/mol. The topological polar surface area (TPSA) is 228 Å². The minimum atomic E-state index is -3.51. The summed E-state index contributed by atoms with van der Waals surface area (Å²) in [4.78, 5) is 44.2. The van der Waals surface area contributed by atoms with Crippen LogP contribution in [0.25, 0.3) is 11.5 Å². The maximum Gasteiger partial charge on any atom is 0.369 e. The van der Waals surface area contributed by atoms with Gasteiger partial charge in [-0.25, -0.2) is 0 Å². The Labute approximate surface area is 238 Å². The highest BCUT2D eigenvalue weighted by Gasteiger charge is 2.31. The molecule has 0 atom stereocenters. The molecule has 6 N–H and O–H groups in total. The van der Waals surface area contributed by atoms with E-state index in [0.29, 0.717) is 49.8 Å². The van der Waals surface area contributed by atoms with Crippen molar-refractivity contribution >= 4 is 35.4 Å². The van der Waals surface area contributed by atoms with Crippen LogP contribution in [0.5, 0.6) is 5.75 Å². The van der Waals surface area contributed by atoms with E-state index in [1.165, 1.54) is 13.2 Å². The summed E-state index contributed by atoms with van der Waals surface area (Å²) in [6.45, 7) is 3.00. The van der Waals surface area contributed by atoms with Crippen LogP contribution in [0.4, 0.5) is 17.2 Å². The molecule has 3 aromatic rings. The second-order valence-electron chi connectivity index (χ2n) is 9.79. The van der Waals surface area contributed by atoms with Crippen LogP contribution in [-0.2, 0) is 16.1 Å². The molecule has 2 aliphatic rings. The first-order valence-corrected chi connectivity index (χ1v) is 13.0. The molecule has 17 heteroatoms. The van der Waals surface area contributed by atoms with E-state index in [1.54, 1.807) is 28.4 Å². The number of amides is 3. The molecule has 1 aromatic carbocycles. The number of ether oxygens (including phenoxy) is 1. The van der Waals surface area contributed by atoms with Gasteiger partial charge in [-0.1, -0.05) is 11.2 Å². The number of carbonyl (C=O) groups excluding carboxylic acids is 3. The van der Waals surface area contributed by atoms with E-state index in [0.717, 1.165) is 19.3 Å². The minimum Gasteiger partial charge on any atom is -0.494 e. The minimum absolute atomic E-state index is 0.00557. The van der Waals surface area contributed by atoms with Crippen molar-refractivity contribution in [3.05, 3.63) is 35.8 Å². The molecule has 17 nitrogen and oxygen atoms in total. The number of carbonyl (C=O) groups is 3. The Hall–Kier alpha value is -4.71. The van der Waals surface area contributed by atoms with Crippen LogP contribution in [-0.4, -0.2) is 103 Å². The van der Waals surface area contributed by atoms with Crippen molar-refractivity contribution in [3.63, 3.8) is 0 Å². The van der Waals surface area contributed by atoms with Gasteiger partial charge in [0.2, 0.25) is 12.3 Å². The first kappa shape index (κ1) is 28.8. The third-order valence-electron chi connectivity index (χ3n) is 6.60. The highest BCUT2D eigenvalue weighted by Crippen LogP contribution is 2.38. The summed E-state index contributed by atoms with van der Waals surface area (Å²) in [5.41, 5.74) is 0.323. The Bertz CT molecular complexity index is 1460. The summed E-state index contributed by atoms with van der Waals surface area (Å²) in [5.74, 6) is -0.625. The molecule has 1 saturated heterocycles. The molecule has 1 aliphatic heterocycles. The van der Waals surface area contributed by atoms with Crippen LogP contribution in [0.3, 0.4) is 0 Å². The van der Waals surface area contributed by atoms with Crippen molar-refractivity contribution in [2.24, 2.45) is 5.92 Å². The van der Waals surface area contributed by atoms with Crippen LogP contribution in [0, 0.1) is 5.92 Å². The maximum absolute atomic E-state index is 12.7. The Kier molecular flexibility index (Phi) is 8.25. The number of hydrogen-bond acceptors (Lipinski definition) is 14. The molecule has 5 rings (SSSR count). The molecule has 0 radical (unpaired) electrons. The molecule has 222 valence electrons. The fourth-order valence-electron chi connectivity index (χ4n) is 4.32. The fourth-order valence-corrected chi connectivity index (χ4v) is 4.32. The number of methoxy groups -OCH3 is 1. The molecule has 42 heavy (non-hydrogen) atoms. The number of nitrogens with zero attached hydrogens (tertiary/aromatic N) is 6. The number of anilines is 3. The van der Waals surface area contributed by atoms with Crippen molar-refractivity contribution in [3.8, 4) is 17.2 Å². The largest absolute Gasteiger partial charge is 0.494 e. The standard InChI is InChI=1S/C25H29N9O8/c1-41-21-15(24-28-19(32-42-24)12-33-7-9-34(13-35)10-8-33)3-2-4-16(21)26-17-11-18(27-22(36)14-5-6-14)30-31-20(17)23(37)29-25(38,39)40/h2-4,11,13-14,38-40H,5-10,12H2,1H3,(H,29,37)(H2,26,27,30,36). The Balaban J connectivity index is 1.40. The summed E-state index contributed by atoms with van der Waals surface area (Å²) in [6, 6.07) is 6.33. The number of rotatable bonds is 11. The smallest absolute Gasteiger partial charge is 0.369 e. The van der Waals surface area contributed by atoms with Gasteiger partial charge in [0.1, 0.15) is 0 Å². The normalized spacial score (nSPS) is 15.7.